The van der Waals surface area contributed by atoms with Crippen molar-refractivity contribution in [2.45, 2.75) is 50.4 Å². The Morgan fingerprint density at radius 1 is 1.03 bits per heavy atom. The monoisotopic (exact) mass is 421 g/mol. The fourth-order valence-electron chi connectivity index (χ4n) is 3.86. The number of para-hydroxylation sites is 1. The van der Waals surface area contributed by atoms with Gasteiger partial charge in [0.2, 0.25) is 5.91 Å². The van der Waals surface area contributed by atoms with Crippen LogP contribution in [0.5, 0.6) is 0 Å². The molecule has 0 spiro atoms. The molecule has 1 aliphatic rings. The van der Waals surface area contributed by atoms with Crippen molar-refractivity contribution >= 4 is 28.6 Å². The van der Waals surface area contributed by atoms with Gasteiger partial charge in [0, 0.05) is 13.1 Å². The summed E-state index contributed by atoms with van der Waals surface area (Å²) in [6.07, 6.45) is 3.30. The standard InChI is InChI=1S/C24H27N3O2S/c1-16-11-12-19(15-17(16)2)27-23(29)20-9-5-6-10-21(20)25-24(27)30-18(3)22(28)26-13-7-4-8-14-26/h5-6,9-12,15,18H,4,7-8,13-14H2,1-3H3/t18-/m1/s1. The summed E-state index contributed by atoms with van der Waals surface area (Å²) in [6, 6.07) is 13.4. The Morgan fingerprint density at radius 3 is 2.50 bits per heavy atom. The smallest absolute Gasteiger partial charge is 0.266 e. The molecular weight excluding hydrogens is 394 g/mol. The molecule has 5 nitrogen and oxygen atoms in total. The molecule has 0 saturated carbocycles. The van der Waals surface area contributed by atoms with Gasteiger partial charge in [-0.15, -0.1) is 0 Å². The largest absolute Gasteiger partial charge is 0.342 e. The van der Waals surface area contributed by atoms with E-state index in [9.17, 15) is 9.59 Å². The van der Waals surface area contributed by atoms with Crippen molar-refractivity contribution < 1.29 is 4.79 Å². The molecule has 1 amide bonds. The summed E-state index contributed by atoms with van der Waals surface area (Å²) in [4.78, 5) is 33.1. The number of carbonyl (C=O) groups is 1. The third kappa shape index (κ3) is 4.01. The van der Waals surface area contributed by atoms with E-state index in [2.05, 4.69) is 6.92 Å². The van der Waals surface area contributed by atoms with E-state index in [-0.39, 0.29) is 16.7 Å². The van der Waals surface area contributed by atoms with Crippen LogP contribution in [0.15, 0.2) is 52.4 Å². The first-order valence-electron chi connectivity index (χ1n) is 10.5. The fraction of sp³-hybridized carbons (Fsp3) is 0.375. The minimum Gasteiger partial charge on any atom is -0.342 e. The van der Waals surface area contributed by atoms with Crippen LogP contribution in [0.25, 0.3) is 16.6 Å². The van der Waals surface area contributed by atoms with Crippen LogP contribution in [0.3, 0.4) is 0 Å². The SMILES string of the molecule is Cc1ccc(-n2c(S[C@H](C)C(=O)N3CCCCC3)nc3ccccc3c2=O)cc1C. The Hall–Kier alpha value is -2.60. The van der Waals surface area contributed by atoms with Gasteiger partial charge >= 0.3 is 0 Å². The van der Waals surface area contributed by atoms with Crippen LogP contribution >= 0.6 is 11.8 Å². The van der Waals surface area contributed by atoms with E-state index >= 15 is 0 Å². The van der Waals surface area contributed by atoms with E-state index in [0.717, 1.165) is 37.2 Å². The van der Waals surface area contributed by atoms with Gasteiger partial charge in [0.05, 0.1) is 21.8 Å². The van der Waals surface area contributed by atoms with E-state index < -0.39 is 0 Å². The molecule has 1 aliphatic heterocycles. The van der Waals surface area contributed by atoms with Crippen molar-refractivity contribution in [1.82, 2.24) is 14.5 Å². The highest BCUT2D eigenvalue weighted by Gasteiger charge is 2.25. The van der Waals surface area contributed by atoms with Gasteiger partial charge in [-0.25, -0.2) is 4.98 Å². The third-order valence-corrected chi connectivity index (χ3v) is 6.83. The zero-order chi connectivity index (χ0) is 21.3. The second-order valence-corrected chi connectivity index (χ2v) is 9.27. The summed E-state index contributed by atoms with van der Waals surface area (Å²) < 4.78 is 1.65. The van der Waals surface area contributed by atoms with E-state index in [1.54, 1.807) is 10.6 Å². The van der Waals surface area contributed by atoms with Crippen molar-refractivity contribution in [3.05, 3.63) is 63.9 Å². The van der Waals surface area contributed by atoms with Crippen LogP contribution < -0.4 is 5.56 Å². The molecule has 3 aromatic rings. The van der Waals surface area contributed by atoms with Crippen LogP contribution in [0, 0.1) is 13.8 Å². The molecule has 1 saturated heterocycles. The van der Waals surface area contributed by atoms with Crippen molar-refractivity contribution in [2.24, 2.45) is 0 Å². The first kappa shape index (κ1) is 20.7. The molecule has 1 aromatic heterocycles. The lowest BCUT2D eigenvalue weighted by atomic mass is 10.1. The molecule has 0 radical (unpaired) electrons. The number of aromatic nitrogens is 2. The molecule has 30 heavy (non-hydrogen) atoms. The maximum absolute atomic E-state index is 13.4. The lowest BCUT2D eigenvalue weighted by Crippen LogP contribution is -2.40. The van der Waals surface area contributed by atoms with E-state index in [1.807, 2.05) is 55.1 Å². The number of amides is 1. The maximum Gasteiger partial charge on any atom is 0.266 e. The summed E-state index contributed by atoms with van der Waals surface area (Å²) in [6.45, 7) is 7.63. The molecule has 0 aliphatic carbocycles. The highest BCUT2D eigenvalue weighted by molar-refractivity contribution is 8.00. The zero-order valence-electron chi connectivity index (χ0n) is 17.7. The Bertz CT molecular complexity index is 1150. The first-order valence-corrected chi connectivity index (χ1v) is 11.4. The molecule has 2 aromatic carbocycles. The maximum atomic E-state index is 13.4. The van der Waals surface area contributed by atoms with Crippen LogP contribution in [0.4, 0.5) is 0 Å². The molecular formula is C24H27N3O2S. The predicted octanol–water partition coefficient (Wildman–Crippen LogP) is 4.50. The number of aryl methyl sites for hydroxylation is 2. The molecule has 0 bridgehead atoms. The number of benzene rings is 2. The van der Waals surface area contributed by atoms with Crippen molar-refractivity contribution in [3.8, 4) is 5.69 Å². The average molecular weight is 422 g/mol. The van der Waals surface area contributed by atoms with Gasteiger partial charge in [0.25, 0.3) is 5.56 Å². The second-order valence-electron chi connectivity index (χ2n) is 7.97. The molecule has 1 atom stereocenters. The number of thioether (sulfide) groups is 1. The number of hydrogen-bond donors (Lipinski definition) is 0. The van der Waals surface area contributed by atoms with Gasteiger partial charge < -0.3 is 4.90 Å². The molecule has 6 heteroatoms. The predicted molar refractivity (Wildman–Crippen MR) is 123 cm³/mol. The summed E-state index contributed by atoms with van der Waals surface area (Å²) in [5, 5.41) is 0.823. The van der Waals surface area contributed by atoms with Gasteiger partial charge in [0.15, 0.2) is 5.16 Å². The Labute approximate surface area is 181 Å². The van der Waals surface area contributed by atoms with Gasteiger partial charge in [-0.05, 0) is 75.4 Å². The molecule has 0 unspecified atom stereocenters. The summed E-state index contributed by atoms with van der Waals surface area (Å²) >= 11 is 1.37. The number of carbonyl (C=O) groups excluding carboxylic acids is 1. The summed E-state index contributed by atoms with van der Waals surface area (Å²) in [5.74, 6) is 0.119. The lowest BCUT2D eigenvalue weighted by Gasteiger charge is -2.29. The number of hydrogen-bond acceptors (Lipinski definition) is 4. The van der Waals surface area contributed by atoms with E-state index in [4.69, 9.17) is 4.98 Å². The van der Waals surface area contributed by atoms with Gasteiger partial charge in [-0.1, -0.05) is 30.0 Å². The normalized spacial score (nSPS) is 15.4. The number of rotatable bonds is 4. The average Bonchev–Trinajstić information content (AvgIpc) is 2.76. The molecule has 0 N–H and O–H groups in total. The zero-order valence-corrected chi connectivity index (χ0v) is 18.5. The molecule has 156 valence electrons. The van der Waals surface area contributed by atoms with Crippen molar-refractivity contribution in [1.29, 1.82) is 0 Å². The van der Waals surface area contributed by atoms with Crippen molar-refractivity contribution in [2.75, 3.05) is 13.1 Å². The van der Waals surface area contributed by atoms with Gasteiger partial charge in [-0.2, -0.15) is 0 Å². The Morgan fingerprint density at radius 2 is 1.77 bits per heavy atom. The van der Waals surface area contributed by atoms with Crippen LogP contribution in [0.2, 0.25) is 0 Å². The number of nitrogens with zero attached hydrogens (tertiary/aromatic N) is 3. The summed E-state index contributed by atoms with van der Waals surface area (Å²) in [5.41, 5.74) is 3.61. The van der Waals surface area contributed by atoms with E-state index in [1.165, 1.54) is 23.7 Å². The fourth-order valence-corrected chi connectivity index (χ4v) is 4.87. The minimum absolute atomic E-state index is 0.107. The highest BCUT2D eigenvalue weighted by atomic mass is 32.2. The van der Waals surface area contributed by atoms with E-state index in [0.29, 0.717) is 16.1 Å². The van der Waals surface area contributed by atoms with Crippen molar-refractivity contribution in [3.63, 3.8) is 0 Å². The first-order chi connectivity index (χ1) is 14.5. The number of likely N-dealkylation sites (tertiary alicyclic amines) is 1. The highest BCUT2D eigenvalue weighted by Crippen LogP contribution is 2.27. The quantitative estimate of drug-likeness (QED) is 0.460. The second kappa shape index (κ2) is 8.64. The van der Waals surface area contributed by atoms with Gasteiger partial charge in [-0.3, -0.25) is 14.2 Å². The molecule has 1 fully saturated rings. The minimum atomic E-state index is -0.311. The Balaban J connectivity index is 1.78. The lowest BCUT2D eigenvalue weighted by molar-refractivity contribution is -0.131. The molecule has 2 heterocycles. The summed E-state index contributed by atoms with van der Waals surface area (Å²) in [7, 11) is 0. The topological polar surface area (TPSA) is 55.2 Å². The number of fused-ring (bicyclic) bond motifs is 1. The van der Waals surface area contributed by atoms with Gasteiger partial charge in [0.1, 0.15) is 0 Å². The van der Waals surface area contributed by atoms with Crippen LogP contribution in [-0.4, -0.2) is 38.7 Å². The molecule has 4 rings (SSSR count). The van der Waals surface area contributed by atoms with Crippen LogP contribution in [0.1, 0.15) is 37.3 Å². The van der Waals surface area contributed by atoms with Crippen LogP contribution in [-0.2, 0) is 4.79 Å². The third-order valence-electron chi connectivity index (χ3n) is 5.79. The number of piperidine rings is 1. The Kier molecular flexibility index (Phi) is 5.95.